The summed E-state index contributed by atoms with van der Waals surface area (Å²) in [5.41, 5.74) is 5.53. The number of benzene rings is 3. The van der Waals surface area contributed by atoms with Crippen LogP contribution in [0.2, 0.25) is 0 Å². The minimum Gasteiger partial charge on any atom is -0.467 e. The quantitative estimate of drug-likeness (QED) is 0.327. The van der Waals surface area contributed by atoms with Crippen LogP contribution < -0.4 is 14.8 Å². The van der Waals surface area contributed by atoms with Crippen molar-refractivity contribution in [3.05, 3.63) is 101 Å². The first-order valence-electron chi connectivity index (χ1n) is 13.0. The van der Waals surface area contributed by atoms with Crippen molar-refractivity contribution < 1.29 is 17.9 Å². The number of rotatable bonds is 2. The van der Waals surface area contributed by atoms with Gasteiger partial charge in [0.25, 0.3) is 15.9 Å². The normalized spacial score (nSPS) is 16.8. The Hall–Kier alpha value is -4.24. The van der Waals surface area contributed by atoms with Crippen LogP contribution in [0.15, 0.2) is 77.7 Å². The van der Waals surface area contributed by atoms with Gasteiger partial charge in [-0.2, -0.15) is 4.98 Å². The van der Waals surface area contributed by atoms with Crippen LogP contribution >= 0.6 is 0 Å². The van der Waals surface area contributed by atoms with E-state index in [0.717, 1.165) is 27.8 Å². The molecule has 5 rings (SSSR count). The van der Waals surface area contributed by atoms with Gasteiger partial charge in [0, 0.05) is 17.2 Å². The number of aryl methyl sites for hydroxylation is 2. The maximum Gasteiger partial charge on any atom is 0.264 e. The van der Waals surface area contributed by atoms with Crippen molar-refractivity contribution in [1.82, 2.24) is 15.3 Å². The zero-order valence-electron chi connectivity index (χ0n) is 23.1. The molecule has 0 radical (unpaired) electrons. The molecular formula is C31H32N4O4S. The minimum atomic E-state index is -4.10. The molecule has 9 heteroatoms. The van der Waals surface area contributed by atoms with Crippen molar-refractivity contribution in [1.29, 1.82) is 0 Å². The molecule has 2 N–H and O–H groups in total. The maximum absolute atomic E-state index is 13.3. The third kappa shape index (κ3) is 5.70. The van der Waals surface area contributed by atoms with Crippen LogP contribution in [0.1, 0.15) is 59.5 Å². The summed E-state index contributed by atoms with van der Waals surface area (Å²) >= 11 is 0. The molecule has 0 aliphatic carbocycles. The van der Waals surface area contributed by atoms with Crippen molar-refractivity contribution in [3.63, 3.8) is 0 Å². The van der Waals surface area contributed by atoms with Gasteiger partial charge >= 0.3 is 0 Å². The first kappa shape index (κ1) is 27.3. The number of ether oxygens (including phenoxy) is 1. The lowest BCUT2D eigenvalue weighted by molar-refractivity contribution is 0.0925. The standard InChI is InChI=1S/C31H32N4O4S/c1-19-8-6-9-20(2)28(19)25-17-27-34-30(33-25)35-40(37,38)24-11-7-10-22(16-24)29(36)32-18-26(39-27)21-12-14-23(15-13-21)31(3,4)5/h6-17,26H,18H2,1-5H3,(H,32,36)(H,33,34,35)/t26-/m0/s1. The molecule has 0 spiro atoms. The third-order valence-corrected chi connectivity index (χ3v) is 8.26. The highest BCUT2D eigenvalue weighted by Crippen LogP contribution is 2.32. The van der Waals surface area contributed by atoms with Crippen LogP contribution in [0.4, 0.5) is 5.95 Å². The summed E-state index contributed by atoms with van der Waals surface area (Å²) in [6, 6.07) is 21.5. The molecule has 206 valence electrons. The Morgan fingerprint density at radius 2 is 1.57 bits per heavy atom. The molecule has 0 fully saturated rings. The van der Waals surface area contributed by atoms with E-state index in [1.54, 1.807) is 12.1 Å². The molecular weight excluding hydrogens is 524 g/mol. The number of fused-ring (bicyclic) bond motifs is 4. The average Bonchev–Trinajstić information content (AvgIpc) is 2.90. The van der Waals surface area contributed by atoms with Crippen LogP contribution in [0.3, 0.4) is 0 Å². The fourth-order valence-corrected chi connectivity index (χ4v) is 5.71. The summed E-state index contributed by atoms with van der Waals surface area (Å²) in [6.45, 7) is 10.5. The molecule has 4 bridgehead atoms. The highest BCUT2D eigenvalue weighted by molar-refractivity contribution is 7.92. The van der Waals surface area contributed by atoms with Crippen LogP contribution in [-0.4, -0.2) is 30.8 Å². The van der Waals surface area contributed by atoms with Gasteiger partial charge in [0.1, 0.15) is 6.10 Å². The molecule has 2 heterocycles. The number of nitrogens with zero attached hydrogens (tertiary/aromatic N) is 2. The van der Waals surface area contributed by atoms with Crippen molar-refractivity contribution in [3.8, 4) is 17.1 Å². The lowest BCUT2D eigenvalue weighted by Gasteiger charge is -2.23. The van der Waals surface area contributed by atoms with E-state index < -0.39 is 22.0 Å². The van der Waals surface area contributed by atoms with E-state index in [1.807, 2.05) is 56.3 Å². The fourth-order valence-electron chi connectivity index (χ4n) is 4.72. The van der Waals surface area contributed by atoms with Gasteiger partial charge in [0.2, 0.25) is 11.8 Å². The predicted octanol–water partition coefficient (Wildman–Crippen LogP) is 5.72. The molecule has 3 aromatic carbocycles. The summed E-state index contributed by atoms with van der Waals surface area (Å²) in [5, 5.41) is 2.90. The number of anilines is 1. The second-order valence-electron chi connectivity index (χ2n) is 11.0. The van der Waals surface area contributed by atoms with Gasteiger partial charge < -0.3 is 10.1 Å². The van der Waals surface area contributed by atoms with E-state index >= 15 is 0 Å². The number of hydrogen-bond acceptors (Lipinski definition) is 6. The Morgan fingerprint density at radius 3 is 2.25 bits per heavy atom. The Balaban J connectivity index is 1.66. The van der Waals surface area contributed by atoms with Crippen LogP contribution in [-0.2, 0) is 15.4 Å². The second-order valence-corrected chi connectivity index (χ2v) is 12.7. The van der Waals surface area contributed by atoms with Gasteiger partial charge in [0.05, 0.1) is 17.1 Å². The van der Waals surface area contributed by atoms with Crippen LogP contribution in [0.5, 0.6) is 5.88 Å². The van der Waals surface area contributed by atoms with E-state index in [9.17, 15) is 13.2 Å². The maximum atomic E-state index is 13.3. The number of amides is 1. The molecule has 40 heavy (non-hydrogen) atoms. The summed E-state index contributed by atoms with van der Waals surface area (Å²) < 4.78 is 35.5. The van der Waals surface area contributed by atoms with Gasteiger partial charge in [0.15, 0.2) is 0 Å². The van der Waals surface area contributed by atoms with Crippen LogP contribution in [0.25, 0.3) is 11.3 Å². The van der Waals surface area contributed by atoms with E-state index in [-0.39, 0.29) is 34.2 Å². The zero-order valence-corrected chi connectivity index (χ0v) is 24.0. The molecule has 1 atom stereocenters. The van der Waals surface area contributed by atoms with Gasteiger partial charge in [-0.1, -0.05) is 69.3 Å². The van der Waals surface area contributed by atoms with Crippen LogP contribution in [0, 0.1) is 13.8 Å². The zero-order chi connectivity index (χ0) is 28.7. The van der Waals surface area contributed by atoms with Crippen molar-refractivity contribution in [2.45, 2.75) is 51.0 Å². The molecule has 1 amide bonds. The van der Waals surface area contributed by atoms with E-state index in [2.05, 4.69) is 40.8 Å². The molecule has 0 saturated heterocycles. The SMILES string of the molecule is Cc1cccc(C)c1-c1cc2nc(n1)NS(=O)(=O)c1cccc(c1)C(=O)NC[C@@H](c1ccc(C(C)(C)C)cc1)O2. The lowest BCUT2D eigenvalue weighted by atomic mass is 9.86. The molecule has 1 aliphatic heterocycles. The monoisotopic (exact) mass is 556 g/mol. The first-order valence-corrected chi connectivity index (χ1v) is 14.5. The number of sulfonamides is 1. The van der Waals surface area contributed by atoms with E-state index in [4.69, 9.17) is 4.74 Å². The Kier molecular flexibility index (Phi) is 7.10. The highest BCUT2D eigenvalue weighted by atomic mass is 32.2. The molecule has 0 unspecified atom stereocenters. The van der Waals surface area contributed by atoms with Crippen molar-refractivity contribution in [2.75, 3.05) is 11.3 Å². The van der Waals surface area contributed by atoms with E-state index in [1.165, 1.54) is 18.2 Å². The smallest absolute Gasteiger partial charge is 0.264 e. The Morgan fingerprint density at radius 1 is 0.900 bits per heavy atom. The average molecular weight is 557 g/mol. The van der Waals surface area contributed by atoms with Crippen molar-refractivity contribution >= 4 is 21.9 Å². The third-order valence-electron chi connectivity index (χ3n) is 6.93. The molecule has 0 saturated carbocycles. The number of carbonyl (C=O) groups is 1. The topological polar surface area (TPSA) is 110 Å². The lowest BCUT2D eigenvalue weighted by Crippen LogP contribution is -2.31. The van der Waals surface area contributed by atoms with Crippen molar-refractivity contribution in [2.24, 2.45) is 0 Å². The molecule has 1 aliphatic rings. The van der Waals surface area contributed by atoms with Gasteiger partial charge in [-0.05, 0) is 59.7 Å². The summed E-state index contributed by atoms with van der Waals surface area (Å²) in [7, 11) is -4.10. The number of aromatic nitrogens is 2. The number of hydrogen-bond donors (Lipinski definition) is 2. The Bertz CT molecular complexity index is 1670. The highest BCUT2D eigenvalue weighted by Gasteiger charge is 2.24. The molecule has 4 aromatic rings. The van der Waals surface area contributed by atoms with E-state index in [0.29, 0.717) is 5.69 Å². The summed E-state index contributed by atoms with van der Waals surface area (Å²) in [6.07, 6.45) is -0.605. The summed E-state index contributed by atoms with van der Waals surface area (Å²) in [5.74, 6) is -0.360. The minimum absolute atomic E-state index is 0.0254. The fraction of sp³-hybridized carbons (Fsp3) is 0.258. The second kappa shape index (κ2) is 10.4. The van der Waals surface area contributed by atoms with Gasteiger partial charge in [-0.3, -0.25) is 4.79 Å². The molecule has 1 aromatic heterocycles. The van der Waals surface area contributed by atoms with Gasteiger partial charge in [-0.25, -0.2) is 18.1 Å². The Labute approximate surface area is 234 Å². The molecule has 8 nitrogen and oxygen atoms in total. The predicted molar refractivity (Wildman–Crippen MR) is 155 cm³/mol. The largest absolute Gasteiger partial charge is 0.467 e. The van der Waals surface area contributed by atoms with Gasteiger partial charge in [-0.15, -0.1) is 0 Å². The first-order chi connectivity index (χ1) is 18.9. The number of nitrogens with one attached hydrogen (secondary N) is 2. The summed E-state index contributed by atoms with van der Waals surface area (Å²) in [4.78, 5) is 22.0. The number of carbonyl (C=O) groups excluding carboxylic acids is 1.